The van der Waals surface area contributed by atoms with Crippen molar-refractivity contribution in [2.45, 2.75) is 18.9 Å². The van der Waals surface area contributed by atoms with Crippen LogP contribution in [0.25, 0.3) is 0 Å². The van der Waals surface area contributed by atoms with E-state index in [2.05, 4.69) is 27.3 Å². The first-order valence-corrected chi connectivity index (χ1v) is 7.13. The second-order valence-electron chi connectivity index (χ2n) is 4.62. The first kappa shape index (κ1) is 14.2. The van der Waals surface area contributed by atoms with Gasteiger partial charge in [0.25, 0.3) is 0 Å². The predicted octanol–water partition coefficient (Wildman–Crippen LogP) is 3.96. The molecule has 0 bridgehead atoms. The van der Waals surface area contributed by atoms with E-state index in [0.29, 0.717) is 6.04 Å². The summed E-state index contributed by atoms with van der Waals surface area (Å²) in [6.45, 7) is 0. The van der Waals surface area contributed by atoms with E-state index in [1.165, 1.54) is 11.6 Å². The van der Waals surface area contributed by atoms with Crippen LogP contribution in [0.2, 0.25) is 0 Å². The molecule has 3 heteroatoms. The van der Waals surface area contributed by atoms with Crippen LogP contribution >= 0.6 is 15.9 Å². The third-order valence-corrected chi connectivity index (χ3v) is 3.98. The highest BCUT2D eigenvalue weighted by atomic mass is 79.9. The van der Waals surface area contributed by atoms with Gasteiger partial charge in [-0.25, -0.2) is 4.39 Å². The summed E-state index contributed by atoms with van der Waals surface area (Å²) in [5.74, 6) is -0.173. The third kappa shape index (κ3) is 4.15. The lowest BCUT2D eigenvalue weighted by Crippen LogP contribution is -2.30. The molecule has 2 rings (SSSR count). The van der Waals surface area contributed by atoms with Gasteiger partial charge in [0.2, 0.25) is 0 Å². The molecule has 2 aromatic rings. The van der Waals surface area contributed by atoms with Gasteiger partial charge in [-0.05, 0) is 49.2 Å². The molecule has 1 N–H and O–H groups in total. The molecule has 0 radical (unpaired) electrons. The molecule has 0 amide bonds. The quantitative estimate of drug-likeness (QED) is 0.878. The zero-order chi connectivity index (χ0) is 13.7. The van der Waals surface area contributed by atoms with Crippen molar-refractivity contribution < 1.29 is 4.39 Å². The van der Waals surface area contributed by atoms with Crippen molar-refractivity contribution in [2.75, 3.05) is 7.05 Å². The molecule has 100 valence electrons. The molecule has 0 aromatic heterocycles. The summed E-state index contributed by atoms with van der Waals surface area (Å²) in [6, 6.07) is 15.3. The largest absolute Gasteiger partial charge is 0.316 e. The fourth-order valence-corrected chi connectivity index (χ4v) is 2.60. The maximum absolute atomic E-state index is 13.2. The molecule has 0 aliphatic carbocycles. The van der Waals surface area contributed by atoms with Crippen LogP contribution < -0.4 is 5.32 Å². The van der Waals surface area contributed by atoms with Gasteiger partial charge in [0.05, 0.1) is 0 Å². The van der Waals surface area contributed by atoms with Crippen LogP contribution in [-0.2, 0) is 12.8 Å². The van der Waals surface area contributed by atoms with Crippen molar-refractivity contribution in [3.05, 3.63) is 69.9 Å². The summed E-state index contributed by atoms with van der Waals surface area (Å²) in [5, 5.41) is 3.30. The van der Waals surface area contributed by atoms with E-state index < -0.39 is 0 Å². The Morgan fingerprint density at radius 2 is 1.89 bits per heavy atom. The molecule has 2 aromatic carbocycles. The molecule has 0 fully saturated rings. The lowest BCUT2D eigenvalue weighted by atomic mass is 9.99. The monoisotopic (exact) mass is 321 g/mol. The summed E-state index contributed by atoms with van der Waals surface area (Å²) >= 11 is 3.56. The second-order valence-corrected chi connectivity index (χ2v) is 5.47. The Morgan fingerprint density at radius 3 is 2.58 bits per heavy atom. The van der Waals surface area contributed by atoms with Crippen LogP contribution in [0.1, 0.15) is 11.1 Å². The SMILES string of the molecule is CNC(Cc1cccc(F)c1)Cc1ccccc1Br. The molecule has 1 atom stereocenters. The minimum Gasteiger partial charge on any atom is -0.316 e. The van der Waals surface area contributed by atoms with E-state index in [1.807, 2.05) is 31.3 Å². The number of halogens is 2. The molecule has 0 saturated heterocycles. The number of likely N-dealkylation sites (N-methyl/N-ethyl adjacent to an activating group) is 1. The summed E-state index contributed by atoms with van der Waals surface area (Å²) < 4.78 is 14.3. The predicted molar refractivity (Wildman–Crippen MR) is 80.8 cm³/mol. The van der Waals surface area contributed by atoms with Gasteiger partial charge in [0, 0.05) is 10.5 Å². The highest BCUT2D eigenvalue weighted by Gasteiger charge is 2.10. The maximum Gasteiger partial charge on any atom is 0.123 e. The number of hydrogen-bond acceptors (Lipinski definition) is 1. The van der Waals surface area contributed by atoms with Crippen molar-refractivity contribution in [3.63, 3.8) is 0 Å². The average molecular weight is 322 g/mol. The van der Waals surface area contributed by atoms with E-state index in [9.17, 15) is 4.39 Å². The molecule has 1 nitrogen and oxygen atoms in total. The number of benzene rings is 2. The molecule has 0 aliphatic heterocycles. The van der Waals surface area contributed by atoms with Gasteiger partial charge in [-0.3, -0.25) is 0 Å². The maximum atomic E-state index is 13.2. The van der Waals surface area contributed by atoms with Crippen LogP contribution in [0, 0.1) is 5.82 Å². The Labute approximate surface area is 122 Å². The average Bonchev–Trinajstić information content (AvgIpc) is 2.40. The normalized spacial score (nSPS) is 12.4. The second kappa shape index (κ2) is 6.83. The molecular weight excluding hydrogens is 305 g/mol. The van der Waals surface area contributed by atoms with Crippen LogP contribution in [-0.4, -0.2) is 13.1 Å². The van der Waals surface area contributed by atoms with Crippen LogP contribution in [0.4, 0.5) is 4.39 Å². The van der Waals surface area contributed by atoms with Crippen molar-refractivity contribution >= 4 is 15.9 Å². The van der Waals surface area contributed by atoms with E-state index in [4.69, 9.17) is 0 Å². The van der Waals surface area contributed by atoms with E-state index in [1.54, 1.807) is 12.1 Å². The molecule has 0 heterocycles. The van der Waals surface area contributed by atoms with Crippen LogP contribution in [0.15, 0.2) is 53.0 Å². The van der Waals surface area contributed by atoms with Crippen LogP contribution in [0.5, 0.6) is 0 Å². The lowest BCUT2D eigenvalue weighted by Gasteiger charge is -2.17. The minimum atomic E-state index is -0.173. The number of rotatable bonds is 5. The lowest BCUT2D eigenvalue weighted by molar-refractivity contribution is 0.552. The zero-order valence-corrected chi connectivity index (χ0v) is 12.5. The highest BCUT2D eigenvalue weighted by Crippen LogP contribution is 2.18. The fraction of sp³-hybridized carbons (Fsp3) is 0.250. The van der Waals surface area contributed by atoms with E-state index >= 15 is 0 Å². The molecular formula is C16H17BrFN. The smallest absolute Gasteiger partial charge is 0.123 e. The van der Waals surface area contributed by atoms with Gasteiger partial charge < -0.3 is 5.32 Å². The summed E-state index contributed by atoms with van der Waals surface area (Å²) in [5.41, 5.74) is 2.28. The van der Waals surface area contributed by atoms with Gasteiger partial charge in [0.15, 0.2) is 0 Å². The van der Waals surface area contributed by atoms with Gasteiger partial charge in [0.1, 0.15) is 5.82 Å². The van der Waals surface area contributed by atoms with Crippen molar-refractivity contribution in [2.24, 2.45) is 0 Å². The minimum absolute atomic E-state index is 0.173. The summed E-state index contributed by atoms with van der Waals surface area (Å²) in [7, 11) is 1.95. The van der Waals surface area contributed by atoms with Crippen molar-refractivity contribution in [1.29, 1.82) is 0 Å². The van der Waals surface area contributed by atoms with Crippen LogP contribution in [0.3, 0.4) is 0 Å². The Kier molecular flexibility index (Phi) is 5.11. The molecule has 0 aliphatic rings. The van der Waals surface area contributed by atoms with Crippen molar-refractivity contribution in [1.82, 2.24) is 5.32 Å². The standard InChI is InChI=1S/C16H17BrFN/c1-19-15(10-12-5-4-7-14(18)9-12)11-13-6-2-3-8-16(13)17/h2-9,15,19H,10-11H2,1H3. The Balaban J connectivity index is 2.07. The first-order valence-electron chi connectivity index (χ1n) is 6.34. The number of hydrogen-bond donors (Lipinski definition) is 1. The molecule has 0 saturated carbocycles. The molecule has 1 unspecified atom stereocenters. The van der Waals surface area contributed by atoms with Gasteiger partial charge >= 0.3 is 0 Å². The topological polar surface area (TPSA) is 12.0 Å². The van der Waals surface area contributed by atoms with E-state index in [0.717, 1.165) is 22.9 Å². The van der Waals surface area contributed by atoms with Gasteiger partial charge in [-0.2, -0.15) is 0 Å². The highest BCUT2D eigenvalue weighted by molar-refractivity contribution is 9.10. The Bertz CT molecular complexity index is 542. The van der Waals surface area contributed by atoms with Gasteiger partial charge in [-0.15, -0.1) is 0 Å². The Hall–Kier alpha value is -1.19. The molecule has 0 spiro atoms. The van der Waals surface area contributed by atoms with Gasteiger partial charge in [-0.1, -0.05) is 46.3 Å². The fourth-order valence-electron chi connectivity index (χ4n) is 2.15. The third-order valence-electron chi connectivity index (χ3n) is 3.20. The first-order chi connectivity index (χ1) is 9.19. The van der Waals surface area contributed by atoms with E-state index in [-0.39, 0.29) is 5.82 Å². The Morgan fingerprint density at radius 1 is 1.11 bits per heavy atom. The molecule has 19 heavy (non-hydrogen) atoms. The van der Waals surface area contributed by atoms with Crippen molar-refractivity contribution in [3.8, 4) is 0 Å². The number of nitrogens with one attached hydrogen (secondary N) is 1. The summed E-state index contributed by atoms with van der Waals surface area (Å²) in [6.07, 6.45) is 1.73. The summed E-state index contributed by atoms with van der Waals surface area (Å²) in [4.78, 5) is 0. The zero-order valence-electron chi connectivity index (χ0n) is 10.9.